The molecule has 1 aliphatic heterocycles. The second-order valence-electron chi connectivity index (χ2n) is 6.15. The van der Waals surface area contributed by atoms with Gasteiger partial charge >= 0.3 is 0 Å². The molecule has 138 valence electrons. The Bertz CT molecular complexity index is 1080. The predicted molar refractivity (Wildman–Crippen MR) is 120 cm³/mol. The molecule has 28 heavy (non-hydrogen) atoms. The van der Waals surface area contributed by atoms with Crippen LogP contribution in [0, 0.1) is 0 Å². The molecule has 0 saturated heterocycles. The molecule has 1 amide bonds. The Labute approximate surface area is 179 Å². The number of carbonyl (C=O) groups is 1. The number of para-hydroxylation sites is 1. The molecule has 1 N–H and O–H groups in total. The summed E-state index contributed by atoms with van der Waals surface area (Å²) in [5, 5.41) is 1.49. The molecule has 0 unspecified atom stereocenters. The number of hydrogen-bond donors (Lipinski definition) is 1. The van der Waals surface area contributed by atoms with Crippen molar-refractivity contribution in [1.29, 1.82) is 0 Å². The Balaban J connectivity index is 1.74. The molecule has 0 atom stereocenters. The third kappa shape index (κ3) is 4.08. The van der Waals surface area contributed by atoms with Gasteiger partial charge in [0, 0.05) is 14.5 Å². The lowest BCUT2D eigenvalue weighted by atomic mass is 10.2. The molecule has 3 aromatic rings. The van der Waals surface area contributed by atoms with Gasteiger partial charge in [-0.1, -0.05) is 74.3 Å². The largest absolute Gasteiger partial charge is 0.297 e. The van der Waals surface area contributed by atoms with Gasteiger partial charge in [-0.3, -0.25) is 10.2 Å². The van der Waals surface area contributed by atoms with Crippen LogP contribution >= 0.6 is 31.9 Å². The Morgan fingerprint density at radius 2 is 1.61 bits per heavy atom. The van der Waals surface area contributed by atoms with Crippen molar-refractivity contribution in [1.82, 2.24) is 5.01 Å². The molecule has 3 aromatic carbocycles. The minimum absolute atomic E-state index is 0.207. The van der Waals surface area contributed by atoms with Gasteiger partial charge in [0.1, 0.15) is 5.70 Å². The topological polar surface area (TPSA) is 44.7 Å². The van der Waals surface area contributed by atoms with Crippen molar-refractivity contribution in [3.8, 4) is 0 Å². The lowest BCUT2D eigenvalue weighted by molar-refractivity contribution is -0.121. The zero-order valence-electron chi connectivity index (χ0n) is 14.6. The van der Waals surface area contributed by atoms with Gasteiger partial charge in [-0.25, -0.2) is 4.99 Å². The predicted octanol–water partition coefficient (Wildman–Crippen LogP) is 5.87. The number of hydrogen-bond acceptors (Lipinski definition) is 3. The highest BCUT2D eigenvalue weighted by Gasteiger charge is 2.31. The molecule has 6 heteroatoms. The summed E-state index contributed by atoms with van der Waals surface area (Å²) >= 11 is 6.91. The maximum Gasteiger partial charge on any atom is 0.297 e. The fraction of sp³-hybridized carbons (Fsp3) is 0. The van der Waals surface area contributed by atoms with Crippen molar-refractivity contribution in [2.24, 2.45) is 4.99 Å². The number of hydrazine groups is 1. The van der Waals surface area contributed by atoms with Crippen LogP contribution in [0.5, 0.6) is 0 Å². The SMILES string of the molecule is O=C1C(=Cc2ccc(Br)cc2)N=C(c2cccc(Br)c2)N1Nc1ccccc1. The van der Waals surface area contributed by atoms with Gasteiger partial charge in [0.05, 0.1) is 5.69 Å². The van der Waals surface area contributed by atoms with Crippen molar-refractivity contribution >= 4 is 55.4 Å². The molecule has 0 aliphatic carbocycles. The van der Waals surface area contributed by atoms with Gasteiger partial charge < -0.3 is 0 Å². The van der Waals surface area contributed by atoms with Gasteiger partial charge in [-0.15, -0.1) is 0 Å². The Hall–Kier alpha value is -2.70. The highest BCUT2D eigenvalue weighted by molar-refractivity contribution is 9.10. The number of nitrogens with zero attached hydrogens (tertiary/aromatic N) is 2. The molecule has 4 rings (SSSR count). The van der Waals surface area contributed by atoms with E-state index in [0.29, 0.717) is 11.5 Å². The number of anilines is 1. The van der Waals surface area contributed by atoms with Crippen LogP contribution in [0.15, 0.2) is 98.5 Å². The molecule has 0 bridgehead atoms. The minimum atomic E-state index is -0.207. The molecule has 0 radical (unpaired) electrons. The zero-order chi connectivity index (χ0) is 19.5. The second-order valence-corrected chi connectivity index (χ2v) is 7.98. The van der Waals surface area contributed by atoms with Crippen LogP contribution in [0.25, 0.3) is 6.08 Å². The minimum Gasteiger partial charge on any atom is -0.290 e. The molecule has 4 nitrogen and oxygen atoms in total. The van der Waals surface area contributed by atoms with E-state index in [2.05, 4.69) is 42.3 Å². The van der Waals surface area contributed by atoms with Crippen LogP contribution in [0.2, 0.25) is 0 Å². The van der Waals surface area contributed by atoms with Crippen molar-refractivity contribution in [2.75, 3.05) is 5.43 Å². The molecule has 0 spiro atoms. The number of amidine groups is 1. The Kier molecular flexibility index (Phi) is 5.41. The highest BCUT2D eigenvalue weighted by Crippen LogP contribution is 2.25. The summed E-state index contributed by atoms with van der Waals surface area (Å²) in [5.74, 6) is 0.347. The molecular formula is C22H15Br2N3O. The fourth-order valence-corrected chi connectivity index (χ4v) is 3.46. The molecule has 1 aliphatic rings. The number of nitrogens with one attached hydrogen (secondary N) is 1. The maximum absolute atomic E-state index is 13.1. The van der Waals surface area contributed by atoms with Crippen LogP contribution < -0.4 is 5.43 Å². The summed E-state index contributed by atoms with van der Waals surface area (Å²) in [6.45, 7) is 0. The summed E-state index contributed by atoms with van der Waals surface area (Å²) in [7, 11) is 0. The number of amides is 1. The molecular weight excluding hydrogens is 482 g/mol. The first-order valence-corrected chi connectivity index (χ1v) is 10.2. The summed E-state index contributed by atoms with van der Waals surface area (Å²) in [6.07, 6.45) is 1.79. The Morgan fingerprint density at radius 1 is 0.857 bits per heavy atom. The van der Waals surface area contributed by atoms with Crippen molar-refractivity contribution in [2.45, 2.75) is 0 Å². The third-order valence-corrected chi connectivity index (χ3v) is 5.15. The van der Waals surface area contributed by atoms with E-state index in [0.717, 1.165) is 25.8 Å². The van der Waals surface area contributed by atoms with Crippen LogP contribution in [0.4, 0.5) is 5.69 Å². The van der Waals surface area contributed by atoms with Crippen molar-refractivity contribution in [3.05, 3.63) is 105 Å². The van der Waals surface area contributed by atoms with Crippen molar-refractivity contribution < 1.29 is 4.79 Å². The normalized spacial score (nSPS) is 15.1. The van der Waals surface area contributed by atoms with E-state index in [1.54, 1.807) is 6.08 Å². The lowest BCUT2D eigenvalue weighted by Gasteiger charge is -2.20. The molecule has 0 saturated carbocycles. The quantitative estimate of drug-likeness (QED) is 0.459. The average Bonchev–Trinajstić information content (AvgIpc) is 3.00. The van der Waals surface area contributed by atoms with E-state index >= 15 is 0 Å². The van der Waals surface area contributed by atoms with E-state index < -0.39 is 0 Å². The lowest BCUT2D eigenvalue weighted by Crippen LogP contribution is -2.37. The van der Waals surface area contributed by atoms with E-state index in [-0.39, 0.29) is 5.91 Å². The number of rotatable bonds is 4. The van der Waals surface area contributed by atoms with Crippen LogP contribution in [-0.2, 0) is 4.79 Å². The smallest absolute Gasteiger partial charge is 0.290 e. The summed E-state index contributed by atoms with van der Waals surface area (Å²) in [4.78, 5) is 17.7. The molecule has 1 heterocycles. The first kappa shape index (κ1) is 18.7. The summed E-state index contributed by atoms with van der Waals surface area (Å²) < 4.78 is 1.91. The number of benzene rings is 3. The van der Waals surface area contributed by atoms with Gasteiger partial charge in [0.15, 0.2) is 5.84 Å². The first-order valence-electron chi connectivity index (χ1n) is 8.58. The van der Waals surface area contributed by atoms with Crippen molar-refractivity contribution in [3.63, 3.8) is 0 Å². The number of carbonyl (C=O) groups excluding carboxylic acids is 1. The highest BCUT2D eigenvalue weighted by atomic mass is 79.9. The van der Waals surface area contributed by atoms with E-state index in [4.69, 9.17) is 0 Å². The standard InChI is InChI=1S/C22H15Br2N3O/c23-17-11-9-15(10-12-17)13-20-22(28)27(26-19-7-2-1-3-8-19)21(25-20)16-5-4-6-18(24)14-16/h1-14,26H. The van der Waals surface area contributed by atoms with Crippen LogP contribution in [-0.4, -0.2) is 16.8 Å². The van der Waals surface area contributed by atoms with Crippen LogP contribution in [0.1, 0.15) is 11.1 Å². The van der Waals surface area contributed by atoms with Gasteiger partial charge in [-0.05, 0) is 48.0 Å². The number of halogens is 2. The third-order valence-electron chi connectivity index (χ3n) is 4.13. The fourth-order valence-electron chi connectivity index (χ4n) is 2.80. The monoisotopic (exact) mass is 495 g/mol. The van der Waals surface area contributed by atoms with E-state index in [9.17, 15) is 4.79 Å². The van der Waals surface area contributed by atoms with Crippen LogP contribution in [0.3, 0.4) is 0 Å². The number of aliphatic imine (C=N–C) groups is 1. The zero-order valence-corrected chi connectivity index (χ0v) is 17.8. The summed E-state index contributed by atoms with van der Waals surface area (Å²) in [6, 6.07) is 25.0. The van der Waals surface area contributed by atoms with E-state index in [1.807, 2.05) is 78.9 Å². The van der Waals surface area contributed by atoms with E-state index in [1.165, 1.54) is 5.01 Å². The second kappa shape index (κ2) is 8.12. The Morgan fingerprint density at radius 3 is 2.32 bits per heavy atom. The first-order chi connectivity index (χ1) is 13.6. The molecule has 0 fully saturated rings. The maximum atomic E-state index is 13.1. The van der Waals surface area contributed by atoms with Gasteiger partial charge in [0.25, 0.3) is 5.91 Å². The van der Waals surface area contributed by atoms with Gasteiger partial charge in [0.2, 0.25) is 0 Å². The molecule has 0 aromatic heterocycles. The average molecular weight is 497 g/mol. The van der Waals surface area contributed by atoms with Gasteiger partial charge in [-0.2, -0.15) is 5.01 Å². The summed E-state index contributed by atoms with van der Waals surface area (Å²) in [5.41, 5.74) is 6.10.